The summed E-state index contributed by atoms with van der Waals surface area (Å²) in [5, 5.41) is 5.00. The fourth-order valence-corrected chi connectivity index (χ4v) is 3.50. The average molecular weight is 338 g/mol. The van der Waals surface area contributed by atoms with Gasteiger partial charge in [0.25, 0.3) is 0 Å². The molecule has 3 nitrogen and oxygen atoms in total. The molecule has 2 aromatic rings. The lowest BCUT2D eigenvalue weighted by Crippen LogP contribution is -2.31. The van der Waals surface area contributed by atoms with Gasteiger partial charge in [-0.25, -0.2) is 4.98 Å². The van der Waals surface area contributed by atoms with Gasteiger partial charge >= 0.3 is 0 Å². The molecule has 0 saturated heterocycles. The van der Waals surface area contributed by atoms with Gasteiger partial charge in [-0.05, 0) is 30.5 Å². The zero-order chi connectivity index (χ0) is 15.4. The third-order valence-corrected chi connectivity index (χ3v) is 4.90. The van der Waals surface area contributed by atoms with Crippen LogP contribution < -0.4 is 5.32 Å². The van der Waals surface area contributed by atoms with Gasteiger partial charge in [-0.2, -0.15) is 0 Å². The molecule has 1 N–H and O–H groups in total. The summed E-state index contributed by atoms with van der Waals surface area (Å²) in [6.07, 6.45) is 10.5. The first-order valence-corrected chi connectivity index (χ1v) is 8.65. The fraction of sp³-hybridized carbons (Fsp3) is 0.471. The zero-order valence-electron chi connectivity index (χ0n) is 12.6. The molecule has 3 rings (SSSR count). The number of hydrogen-bond acceptors (Lipinski definition) is 2. The topological polar surface area (TPSA) is 29.9 Å². The molecular weight excluding hydrogens is 317 g/mol. The molecule has 1 aliphatic carbocycles. The zero-order valence-corrected chi connectivity index (χ0v) is 14.1. The monoisotopic (exact) mass is 337 g/mol. The highest BCUT2D eigenvalue weighted by Gasteiger charge is 2.14. The Morgan fingerprint density at radius 3 is 2.77 bits per heavy atom. The van der Waals surface area contributed by atoms with Gasteiger partial charge in [-0.1, -0.05) is 48.5 Å². The lowest BCUT2D eigenvalue weighted by atomic mass is 9.95. The minimum absolute atomic E-state index is 0.637. The van der Waals surface area contributed by atoms with Crippen LogP contribution in [0.2, 0.25) is 10.0 Å². The van der Waals surface area contributed by atoms with Gasteiger partial charge in [0.05, 0.1) is 13.1 Å². The maximum atomic E-state index is 6.26. The summed E-state index contributed by atoms with van der Waals surface area (Å²) in [6, 6.07) is 6.27. The number of hydrogen-bond donors (Lipinski definition) is 1. The van der Waals surface area contributed by atoms with Crippen LogP contribution >= 0.6 is 23.2 Å². The molecule has 0 bridgehead atoms. The second kappa shape index (κ2) is 7.49. The van der Waals surface area contributed by atoms with Crippen molar-refractivity contribution in [3.63, 3.8) is 0 Å². The Balaban J connectivity index is 1.64. The van der Waals surface area contributed by atoms with Crippen LogP contribution in [0.15, 0.2) is 30.6 Å². The van der Waals surface area contributed by atoms with Gasteiger partial charge in [0.1, 0.15) is 5.82 Å². The maximum Gasteiger partial charge on any atom is 0.122 e. The SMILES string of the molecule is Clc1ccc(Cn2ccnc2CNC2CCCCC2)c(Cl)c1. The van der Waals surface area contributed by atoms with Crippen LogP contribution in [0.4, 0.5) is 0 Å². The number of imidazole rings is 1. The molecule has 1 saturated carbocycles. The molecule has 22 heavy (non-hydrogen) atoms. The molecule has 0 radical (unpaired) electrons. The number of rotatable bonds is 5. The molecule has 1 aromatic carbocycles. The number of benzene rings is 1. The summed E-state index contributed by atoms with van der Waals surface area (Å²) in [6.45, 7) is 1.53. The lowest BCUT2D eigenvalue weighted by Gasteiger charge is -2.22. The van der Waals surface area contributed by atoms with E-state index in [-0.39, 0.29) is 0 Å². The van der Waals surface area contributed by atoms with Gasteiger partial charge < -0.3 is 9.88 Å². The first kappa shape index (κ1) is 15.9. The van der Waals surface area contributed by atoms with Crippen molar-refractivity contribution in [3.8, 4) is 0 Å². The quantitative estimate of drug-likeness (QED) is 0.859. The minimum Gasteiger partial charge on any atom is -0.329 e. The number of aromatic nitrogens is 2. The number of nitrogens with zero attached hydrogens (tertiary/aromatic N) is 2. The standard InChI is InChI=1S/C17H21Cl2N3/c18-14-7-6-13(16(19)10-14)12-22-9-8-20-17(22)11-21-15-4-2-1-3-5-15/h6-10,15,21H,1-5,11-12H2. The summed E-state index contributed by atoms with van der Waals surface area (Å²) in [4.78, 5) is 4.48. The Bertz CT molecular complexity index is 618. The van der Waals surface area contributed by atoms with Crippen molar-refractivity contribution in [2.75, 3.05) is 0 Å². The smallest absolute Gasteiger partial charge is 0.122 e. The van der Waals surface area contributed by atoms with Crippen LogP contribution in [0.5, 0.6) is 0 Å². The summed E-state index contributed by atoms with van der Waals surface area (Å²) < 4.78 is 2.14. The van der Waals surface area contributed by atoms with Gasteiger partial charge in [0.15, 0.2) is 0 Å². The Hall–Kier alpha value is -1.03. The Morgan fingerprint density at radius 2 is 2.00 bits per heavy atom. The number of halogens is 2. The fourth-order valence-electron chi connectivity index (χ4n) is 3.03. The van der Waals surface area contributed by atoms with E-state index in [0.717, 1.165) is 24.5 Å². The summed E-state index contributed by atoms with van der Waals surface area (Å²) in [7, 11) is 0. The van der Waals surface area contributed by atoms with Crippen LogP contribution in [0.3, 0.4) is 0 Å². The summed E-state index contributed by atoms with van der Waals surface area (Å²) >= 11 is 12.2. The Morgan fingerprint density at radius 1 is 1.18 bits per heavy atom. The lowest BCUT2D eigenvalue weighted by molar-refractivity contribution is 0.367. The molecular formula is C17H21Cl2N3. The van der Waals surface area contributed by atoms with Crippen LogP contribution in [-0.4, -0.2) is 15.6 Å². The van der Waals surface area contributed by atoms with Crippen molar-refractivity contribution in [3.05, 3.63) is 52.0 Å². The van der Waals surface area contributed by atoms with E-state index >= 15 is 0 Å². The molecule has 118 valence electrons. The normalized spacial score (nSPS) is 16.1. The predicted molar refractivity (Wildman–Crippen MR) is 91.5 cm³/mol. The molecule has 1 heterocycles. The first-order valence-electron chi connectivity index (χ1n) is 7.90. The number of nitrogens with one attached hydrogen (secondary N) is 1. The molecule has 1 aliphatic rings. The highest BCUT2D eigenvalue weighted by molar-refractivity contribution is 6.35. The average Bonchev–Trinajstić information content (AvgIpc) is 2.96. The summed E-state index contributed by atoms with van der Waals surface area (Å²) in [5.41, 5.74) is 1.06. The van der Waals surface area contributed by atoms with Gasteiger partial charge in [0.2, 0.25) is 0 Å². The third-order valence-electron chi connectivity index (χ3n) is 4.31. The van der Waals surface area contributed by atoms with Crippen molar-refractivity contribution in [1.29, 1.82) is 0 Å². The van der Waals surface area contributed by atoms with E-state index in [1.54, 1.807) is 6.07 Å². The van der Waals surface area contributed by atoms with E-state index in [9.17, 15) is 0 Å². The molecule has 0 aliphatic heterocycles. The van der Waals surface area contributed by atoms with Crippen molar-refractivity contribution in [2.24, 2.45) is 0 Å². The second-order valence-corrected chi connectivity index (χ2v) is 6.77. The molecule has 1 aromatic heterocycles. The van der Waals surface area contributed by atoms with Crippen LogP contribution in [0, 0.1) is 0 Å². The predicted octanol–water partition coefficient (Wildman–Crippen LogP) is 4.66. The van der Waals surface area contributed by atoms with E-state index in [1.807, 2.05) is 24.5 Å². The Labute approximate surface area is 141 Å². The van der Waals surface area contributed by atoms with E-state index in [2.05, 4.69) is 14.9 Å². The van der Waals surface area contributed by atoms with Crippen molar-refractivity contribution in [1.82, 2.24) is 14.9 Å². The summed E-state index contributed by atoms with van der Waals surface area (Å²) in [5.74, 6) is 1.05. The van der Waals surface area contributed by atoms with Crippen LogP contribution in [0.1, 0.15) is 43.5 Å². The molecule has 0 unspecified atom stereocenters. The van der Waals surface area contributed by atoms with Crippen molar-refractivity contribution >= 4 is 23.2 Å². The van der Waals surface area contributed by atoms with Gasteiger partial charge in [0, 0.05) is 28.5 Å². The molecule has 0 spiro atoms. The van der Waals surface area contributed by atoms with Gasteiger partial charge in [-0.15, -0.1) is 0 Å². The van der Waals surface area contributed by atoms with Crippen LogP contribution in [-0.2, 0) is 13.1 Å². The van der Waals surface area contributed by atoms with Gasteiger partial charge in [-0.3, -0.25) is 0 Å². The van der Waals surface area contributed by atoms with Crippen molar-refractivity contribution in [2.45, 2.75) is 51.2 Å². The largest absolute Gasteiger partial charge is 0.329 e. The van der Waals surface area contributed by atoms with Crippen LogP contribution in [0.25, 0.3) is 0 Å². The highest BCUT2D eigenvalue weighted by Crippen LogP contribution is 2.22. The van der Waals surface area contributed by atoms with E-state index in [0.29, 0.717) is 16.1 Å². The highest BCUT2D eigenvalue weighted by atomic mass is 35.5. The molecule has 0 atom stereocenters. The second-order valence-electron chi connectivity index (χ2n) is 5.92. The molecule has 5 heteroatoms. The first-order chi connectivity index (χ1) is 10.7. The minimum atomic E-state index is 0.637. The van der Waals surface area contributed by atoms with E-state index in [1.165, 1.54) is 32.1 Å². The molecule has 1 fully saturated rings. The molecule has 0 amide bonds. The van der Waals surface area contributed by atoms with E-state index in [4.69, 9.17) is 23.2 Å². The van der Waals surface area contributed by atoms with Crippen molar-refractivity contribution < 1.29 is 0 Å². The third kappa shape index (κ3) is 4.03. The maximum absolute atomic E-state index is 6.26. The van der Waals surface area contributed by atoms with E-state index < -0.39 is 0 Å². The Kier molecular flexibility index (Phi) is 5.40.